The molecule has 0 saturated heterocycles. The van der Waals surface area contributed by atoms with E-state index in [1.807, 2.05) is 19.9 Å². The van der Waals surface area contributed by atoms with Gasteiger partial charge in [-0.2, -0.15) is 0 Å². The number of rotatable bonds is 10. The van der Waals surface area contributed by atoms with Crippen molar-refractivity contribution in [1.82, 2.24) is 10.2 Å². The molecule has 186 valence electrons. The first-order valence-electron chi connectivity index (χ1n) is 10.9. The highest BCUT2D eigenvalue weighted by molar-refractivity contribution is 7.92. The van der Waals surface area contributed by atoms with Crippen LogP contribution in [0.25, 0.3) is 0 Å². The van der Waals surface area contributed by atoms with Gasteiger partial charge in [0, 0.05) is 23.1 Å². The largest absolute Gasteiger partial charge is 0.355 e. The number of aryl methyl sites for hydroxylation is 2. The summed E-state index contributed by atoms with van der Waals surface area (Å²) in [6.07, 6.45) is 1.39. The van der Waals surface area contributed by atoms with Gasteiger partial charge in [-0.25, -0.2) is 8.42 Å². The molecule has 0 bridgehead atoms. The minimum atomic E-state index is -3.79. The molecule has 10 heteroatoms. The maximum Gasteiger partial charge on any atom is 0.244 e. The third-order valence-corrected chi connectivity index (χ3v) is 6.99. The molecule has 0 spiro atoms. The Bertz CT molecular complexity index is 1130. The second-order valence-corrected chi connectivity index (χ2v) is 10.9. The van der Waals surface area contributed by atoms with Crippen molar-refractivity contribution in [3.63, 3.8) is 0 Å². The van der Waals surface area contributed by atoms with Crippen molar-refractivity contribution in [1.29, 1.82) is 0 Å². The quantitative estimate of drug-likeness (QED) is 0.498. The maximum absolute atomic E-state index is 13.6. The van der Waals surface area contributed by atoms with Crippen molar-refractivity contribution in [3.8, 4) is 0 Å². The van der Waals surface area contributed by atoms with Crippen LogP contribution in [-0.4, -0.2) is 50.5 Å². The number of likely N-dealkylation sites (N-methyl/N-ethyl adjacent to an activating group) is 1. The number of nitrogens with one attached hydrogen (secondary N) is 1. The van der Waals surface area contributed by atoms with E-state index in [1.165, 1.54) is 4.90 Å². The van der Waals surface area contributed by atoms with E-state index in [9.17, 15) is 18.0 Å². The zero-order chi connectivity index (χ0) is 25.6. The third kappa shape index (κ3) is 7.35. The Kier molecular flexibility index (Phi) is 9.79. The summed E-state index contributed by atoms with van der Waals surface area (Å²) >= 11 is 12.4. The SMILES string of the molecule is CCNC(=O)[C@@H](CC)N(Cc1ccc(Cl)cc1Cl)C(=O)CN(c1cc(C)cc(C)c1)S(C)(=O)=O. The van der Waals surface area contributed by atoms with Gasteiger partial charge in [-0.15, -0.1) is 0 Å². The molecule has 2 amide bonds. The molecule has 1 N–H and O–H groups in total. The van der Waals surface area contributed by atoms with Crippen LogP contribution in [0.3, 0.4) is 0 Å². The van der Waals surface area contributed by atoms with Crippen LogP contribution >= 0.6 is 23.2 Å². The number of halogens is 2. The standard InChI is InChI=1S/C24H31Cl2N3O4S/c1-6-22(24(31)27-7-2)28(14-18-8-9-19(25)13-21(18)26)23(30)15-29(34(5,32)33)20-11-16(3)10-17(4)12-20/h8-13,22H,6-7,14-15H2,1-5H3,(H,27,31)/t22-/m1/s1. The molecule has 0 aliphatic carbocycles. The molecule has 2 aromatic carbocycles. The average molecular weight is 529 g/mol. The summed E-state index contributed by atoms with van der Waals surface area (Å²) < 4.78 is 26.4. The second-order valence-electron chi connectivity index (χ2n) is 8.19. The van der Waals surface area contributed by atoms with Crippen molar-refractivity contribution < 1.29 is 18.0 Å². The van der Waals surface area contributed by atoms with Gasteiger partial charge in [0.1, 0.15) is 12.6 Å². The van der Waals surface area contributed by atoms with E-state index in [4.69, 9.17) is 23.2 Å². The van der Waals surface area contributed by atoms with E-state index in [1.54, 1.807) is 44.2 Å². The lowest BCUT2D eigenvalue weighted by molar-refractivity contribution is -0.140. The second kappa shape index (κ2) is 11.9. The van der Waals surface area contributed by atoms with Crippen LogP contribution in [0.15, 0.2) is 36.4 Å². The number of sulfonamides is 1. The summed E-state index contributed by atoms with van der Waals surface area (Å²) in [7, 11) is -3.79. The van der Waals surface area contributed by atoms with E-state index < -0.39 is 28.5 Å². The van der Waals surface area contributed by atoms with Gasteiger partial charge in [0.05, 0.1) is 11.9 Å². The van der Waals surface area contributed by atoms with Crippen LogP contribution in [0, 0.1) is 13.8 Å². The molecule has 2 rings (SSSR count). The highest BCUT2D eigenvalue weighted by atomic mass is 35.5. The van der Waals surface area contributed by atoms with Crippen molar-refractivity contribution in [3.05, 3.63) is 63.1 Å². The zero-order valence-electron chi connectivity index (χ0n) is 20.1. The maximum atomic E-state index is 13.6. The first-order valence-corrected chi connectivity index (χ1v) is 13.5. The van der Waals surface area contributed by atoms with E-state index >= 15 is 0 Å². The normalized spacial score (nSPS) is 12.2. The molecule has 0 aliphatic heterocycles. The van der Waals surface area contributed by atoms with Crippen LogP contribution < -0.4 is 9.62 Å². The average Bonchev–Trinajstić information content (AvgIpc) is 2.71. The molecule has 0 heterocycles. The molecular weight excluding hydrogens is 497 g/mol. The molecule has 0 aliphatic rings. The van der Waals surface area contributed by atoms with Gasteiger partial charge in [-0.3, -0.25) is 13.9 Å². The van der Waals surface area contributed by atoms with Crippen molar-refractivity contribution in [2.45, 2.75) is 46.7 Å². The van der Waals surface area contributed by atoms with Gasteiger partial charge >= 0.3 is 0 Å². The molecule has 1 atom stereocenters. The van der Waals surface area contributed by atoms with Gasteiger partial charge in [0.15, 0.2) is 0 Å². The van der Waals surface area contributed by atoms with Crippen molar-refractivity contribution in [2.75, 3.05) is 23.7 Å². The highest BCUT2D eigenvalue weighted by Crippen LogP contribution is 2.25. The van der Waals surface area contributed by atoms with Gasteiger partial charge in [-0.1, -0.05) is 42.3 Å². The Hall–Kier alpha value is -2.29. The van der Waals surface area contributed by atoms with E-state index in [2.05, 4.69) is 5.32 Å². The molecule has 0 unspecified atom stereocenters. The molecule has 0 fully saturated rings. The van der Waals surface area contributed by atoms with Crippen LogP contribution in [0.5, 0.6) is 0 Å². The lowest BCUT2D eigenvalue weighted by Gasteiger charge is -2.33. The Morgan fingerprint density at radius 3 is 2.15 bits per heavy atom. The number of anilines is 1. The number of benzene rings is 2. The van der Waals surface area contributed by atoms with Gasteiger partial charge in [0.2, 0.25) is 21.8 Å². The van der Waals surface area contributed by atoms with Crippen molar-refractivity contribution in [2.24, 2.45) is 0 Å². The number of amides is 2. The minimum absolute atomic E-state index is 0.0227. The number of hydrogen-bond acceptors (Lipinski definition) is 4. The predicted molar refractivity (Wildman–Crippen MR) is 138 cm³/mol. The summed E-state index contributed by atoms with van der Waals surface area (Å²) in [5.74, 6) is -0.838. The minimum Gasteiger partial charge on any atom is -0.355 e. The molecular formula is C24H31Cl2N3O4S. The molecule has 0 saturated carbocycles. The predicted octanol–water partition coefficient (Wildman–Crippen LogP) is 4.32. The summed E-state index contributed by atoms with van der Waals surface area (Å²) in [6.45, 7) is 7.26. The number of nitrogens with zero attached hydrogens (tertiary/aromatic N) is 2. The number of hydrogen-bond donors (Lipinski definition) is 1. The van der Waals surface area contributed by atoms with Gasteiger partial charge < -0.3 is 10.2 Å². The summed E-state index contributed by atoms with van der Waals surface area (Å²) in [6, 6.07) is 9.44. The fourth-order valence-corrected chi connectivity index (χ4v) is 5.05. The third-order valence-electron chi connectivity index (χ3n) is 5.27. The first kappa shape index (κ1) is 28.0. The fraction of sp³-hybridized carbons (Fsp3) is 0.417. The lowest BCUT2D eigenvalue weighted by Crippen LogP contribution is -2.52. The smallest absolute Gasteiger partial charge is 0.244 e. The van der Waals surface area contributed by atoms with E-state index in [0.29, 0.717) is 34.3 Å². The highest BCUT2D eigenvalue weighted by Gasteiger charge is 2.32. The first-order chi connectivity index (χ1) is 15.9. The monoisotopic (exact) mass is 527 g/mol. The Balaban J connectivity index is 2.50. The van der Waals surface area contributed by atoms with E-state index in [-0.39, 0.29) is 12.5 Å². The number of carbonyl (C=O) groups excluding carboxylic acids is 2. The molecule has 0 aromatic heterocycles. The summed E-state index contributed by atoms with van der Waals surface area (Å²) in [4.78, 5) is 27.8. The topological polar surface area (TPSA) is 86.8 Å². The summed E-state index contributed by atoms with van der Waals surface area (Å²) in [5.41, 5.74) is 2.73. The van der Waals surface area contributed by atoms with Crippen LogP contribution in [-0.2, 0) is 26.2 Å². The molecule has 0 radical (unpaired) electrons. The number of carbonyl (C=O) groups is 2. The van der Waals surface area contributed by atoms with Gasteiger partial charge in [-0.05, 0) is 68.1 Å². The summed E-state index contributed by atoms with van der Waals surface area (Å²) in [5, 5.41) is 3.55. The molecule has 7 nitrogen and oxygen atoms in total. The zero-order valence-corrected chi connectivity index (χ0v) is 22.4. The van der Waals surface area contributed by atoms with Crippen LogP contribution in [0.1, 0.15) is 37.0 Å². The molecule has 34 heavy (non-hydrogen) atoms. The van der Waals surface area contributed by atoms with Gasteiger partial charge in [0.25, 0.3) is 0 Å². The Morgan fingerprint density at radius 1 is 1.03 bits per heavy atom. The molecule has 2 aromatic rings. The Labute approximate surface area is 212 Å². The fourth-order valence-electron chi connectivity index (χ4n) is 3.75. The van der Waals surface area contributed by atoms with Crippen LogP contribution in [0.2, 0.25) is 10.0 Å². The Morgan fingerprint density at radius 2 is 1.65 bits per heavy atom. The van der Waals surface area contributed by atoms with Crippen molar-refractivity contribution >= 4 is 50.7 Å². The van der Waals surface area contributed by atoms with E-state index in [0.717, 1.165) is 21.7 Å². The van der Waals surface area contributed by atoms with Crippen LogP contribution in [0.4, 0.5) is 5.69 Å². The lowest BCUT2D eigenvalue weighted by atomic mass is 10.1.